The molecule has 10 heteroatoms. The molecule has 41 heavy (non-hydrogen) atoms. The van der Waals surface area contributed by atoms with Crippen molar-refractivity contribution in [2.45, 2.75) is 62.2 Å². The summed E-state index contributed by atoms with van der Waals surface area (Å²) in [4.78, 5) is 46.1. The van der Waals surface area contributed by atoms with E-state index in [2.05, 4.69) is 15.2 Å². The number of hydrogen-bond donors (Lipinski definition) is 2. The van der Waals surface area contributed by atoms with Gasteiger partial charge in [-0.25, -0.2) is 0 Å². The number of piperidine rings is 2. The van der Waals surface area contributed by atoms with E-state index in [1.165, 1.54) is 17.5 Å². The number of ether oxygens (including phenoxy) is 1. The third-order valence-electron chi connectivity index (χ3n) is 9.24. The van der Waals surface area contributed by atoms with Gasteiger partial charge in [-0.2, -0.15) is 0 Å². The van der Waals surface area contributed by atoms with E-state index in [4.69, 9.17) is 12.6 Å². The fraction of sp³-hybridized carbons (Fsp3) is 0.419. The van der Waals surface area contributed by atoms with Crippen molar-refractivity contribution < 1.29 is 24.2 Å². The number of amides is 3. The van der Waals surface area contributed by atoms with E-state index in [1.807, 2.05) is 24.3 Å². The number of likely N-dealkylation sites (tertiary alicyclic amines) is 1. The lowest BCUT2D eigenvalue weighted by molar-refractivity contribution is -0.134. The highest BCUT2D eigenvalue weighted by molar-refractivity contribution is 6.28. The van der Waals surface area contributed by atoms with Crippen molar-refractivity contribution in [1.29, 1.82) is 0 Å². The molecule has 0 bridgehead atoms. The van der Waals surface area contributed by atoms with Crippen LogP contribution in [0.1, 0.15) is 65.7 Å². The lowest BCUT2D eigenvalue weighted by atomic mass is 9.71. The number of imide groups is 1. The fourth-order valence-electron chi connectivity index (χ4n) is 6.95. The smallest absolute Gasteiger partial charge is 0.259 e. The van der Waals surface area contributed by atoms with Gasteiger partial charge in [0.15, 0.2) is 0 Å². The molecular formula is C31H31BN4O5. The van der Waals surface area contributed by atoms with Crippen LogP contribution in [0.4, 0.5) is 5.69 Å². The molecule has 9 nitrogen and oxygen atoms in total. The highest BCUT2D eigenvalue weighted by atomic mass is 16.5. The van der Waals surface area contributed by atoms with Gasteiger partial charge in [0.05, 0.1) is 28.7 Å². The molecule has 7 rings (SSSR count). The molecule has 208 valence electrons. The van der Waals surface area contributed by atoms with Crippen LogP contribution in [-0.2, 0) is 26.4 Å². The Morgan fingerprint density at radius 3 is 2.59 bits per heavy atom. The zero-order valence-corrected chi connectivity index (χ0v) is 22.8. The van der Waals surface area contributed by atoms with E-state index < -0.39 is 17.4 Å². The van der Waals surface area contributed by atoms with Gasteiger partial charge in [0.2, 0.25) is 11.8 Å². The van der Waals surface area contributed by atoms with Crippen molar-refractivity contribution in [3.63, 3.8) is 0 Å². The first-order valence-electron chi connectivity index (χ1n) is 14.3. The van der Waals surface area contributed by atoms with Crippen molar-refractivity contribution >= 4 is 42.0 Å². The fourth-order valence-corrected chi connectivity index (χ4v) is 6.95. The molecule has 2 unspecified atom stereocenters. The van der Waals surface area contributed by atoms with E-state index in [-0.39, 0.29) is 36.0 Å². The van der Waals surface area contributed by atoms with Gasteiger partial charge < -0.3 is 9.84 Å². The molecule has 1 spiro atoms. The van der Waals surface area contributed by atoms with Crippen LogP contribution < -0.4 is 10.2 Å². The number of pyridine rings is 1. The normalized spacial score (nSPS) is 23.8. The maximum atomic E-state index is 13.4. The third-order valence-corrected chi connectivity index (χ3v) is 9.24. The van der Waals surface area contributed by atoms with E-state index in [0.29, 0.717) is 27.6 Å². The molecule has 0 aliphatic carbocycles. The molecule has 4 aliphatic rings. The van der Waals surface area contributed by atoms with Crippen molar-refractivity contribution in [3.8, 4) is 0 Å². The van der Waals surface area contributed by atoms with Crippen LogP contribution in [0.2, 0.25) is 0 Å². The van der Waals surface area contributed by atoms with Crippen molar-refractivity contribution in [2.75, 3.05) is 24.6 Å². The second-order valence-electron chi connectivity index (χ2n) is 11.7. The maximum absolute atomic E-state index is 13.4. The van der Waals surface area contributed by atoms with Crippen LogP contribution in [-0.4, -0.2) is 71.9 Å². The van der Waals surface area contributed by atoms with Crippen LogP contribution in [0.5, 0.6) is 0 Å². The second kappa shape index (κ2) is 9.75. The van der Waals surface area contributed by atoms with Gasteiger partial charge >= 0.3 is 0 Å². The monoisotopic (exact) mass is 550 g/mol. The summed E-state index contributed by atoms with van der Waals surface area (Å²) in [5, 5.41) is 15.1. The van der Waals surface area contributed by atoms with Crippen LogP contribution in [0, 0.1) is 0 Å². The number of nitrogens with zero attached hydrogens (tertiary/aromatic N) is 3. The van der Waals surface area contributed by atoms with Gasteiger partial charge in [-0.3, -0.25) is 34.5 Å². The summed E-state index contributed by atoms with van der Waals surface area (Å²) in [6.07, 6.45) is 6.31. The Balaban J connectivity index is 1.14. The molecule has 4 aliphatic heterocycles. The number of hydrogen-bond acceptors (Lipinski definition) is 7. The zero-order valence-electron chi connectivity index (χ0n) is 22.8. The first-order chi connectivity index (χ1) is 19.8. The quantitative estimate of drug-likeness (QED) is 0.371. The molecule has 1 aromatic heterocycles. The van der Waals surface area contributed by atoms with Gasteiger partial charge in [-0.15, -0.1) is 0 Å². The SMILES string of the molecule is [B]C(O)(c1ccc(CN2CCC3(CCCO3)CC2)cc1)c1ncc2c3c(cccc13)C(=O)N2C1CCC(=O)NC1=O. The molecular weight excluding hydrogens is 519 g/mol. The van der Waals surface area contributed by atoms with Crippen LogP contribution in [0.15, 0.2) is 48.7 Å². The molecule has 2 atom stereocenters. The van der Waals surface area contributed by atoms with Gasteiger partial charge in [0.25, 0.3) is 5.91 Å². The highest BCUT2D eigenvalue weighted by Crippen LogP contribution is 2.43. The Labute approximate surface area is 239 Å². The second-order valence-corrected chi connectivity index (χ2v) is 11.7. The minimum atomic E-state index is -1.92. The minimum absolute atomic E-state index is 0.0898. The number of benzene rings is 2. The molecule has 5 heterocycles. The Kier molecular flexibility index (Phi) is 6.26. The van der Waals surface area contributed by atoms with Crippen molar-refractivity contribution in [3.05, 3.63) is 71.0 Å². The number of anilines is 1. The molecule has 3 saturated heterocycles. The lowest BCUT2D eigenvalue weighted by Gasteiger charge is -2.38. The summed E-state index contributed by atoms with van der Waals surface area (Å²) >= 11 is 0. The largest absolute Gasteiger partial charge is 0.389 e. The van der Waals surface area contributed by atoms with E-state index in [9.17, 15) is 19.5 Å². The molecule has 2 N–H and O–H groups in total. The Bertz CT molecular complexity index is 1560. The Morgan fingerprint density at radius 1 is 1.10 bits per heavy atom. The summed E-state index contributed by atoms with van der Waals surface area (Å²) in [6, 6.07) is 12.0. The summed E-state index contributed by atoms with van der Waals surface area (Å²) in [6.45, 7) is 3.70. The first kappa shape index (κ1) is 26.3. The molecule has 2 aromatic carbocycles. The van der Waals surface area contributed by atoms with Gasteiger partial charge in [-0.05, 0) is 49.3 Å². The Morgan fingerprint density at radius 2 is 1.88 bits per heavy atom. The number of aromatic nitrogens is 1. The maximum Gasteiger partial charge on any atom is 0.259 e. The average Bonchev–Trinajstić information content (AvgIpc) is 3.54. The standard InChI is InChI=1S/C31H31BN4O5/c32-31(40,20-7-5-19(6-8-20)18-35-14-12-30(13-15-35)11-2-16-41-30)27-21-3-1-4-22-26(21)24(17-33-27)36(29(22)39)23-9-10-25(37)34-28(23)38/h1,3-8,17,23,40H,2,9-16,18H2,(H,34,37,38). The average molecular weight is 550 g/mol. The Hall–Kier alpha value is -3.60. The highest BCUT2D eigenvalue weighted by Gasteiger charge is 2.42. The minimum Gasteiger partial charge on any atom is -0.389 e. The van der Waals surface area contributed by atoms with Gasteiger partial charge in [0, 0.05) is 49.0 Å². The van der Waals surface area contributed by atoms with Gasteiger partial charge in [0.1, 0.15) is 13.9 Å². The van der Waals surface area contributed by atoms with Crippen LogP contribution >= 0.6 is 0 Å². The molecule has 3 fully saturated rings. The summed E-state index contributed by atoms with van der Waals surface area (Å²) in [5.41, 5.74) is 0.885. The van der Waals surface area contributed by atoms with Gasteiger partial charge in [-0.1, -0.05) is 36.4 Å². The van der Waals surface area contributed by atoms with Crippen LogP contribution in [0.3, 0.4) is 0 Å². The van der Waals surface area contributed by atoms with E-state index >= 15 is 0 Å². The topological polar surface area (TPSA) is 112 Å². The van der Waals surface area contributed by atoms with E-state index in [1.54, 1.807) is 18.2 Å². The predicted molar refractivity (Wildman–Crippen MR) is 152 cm³/mol. The summed E-state index contributed by atoms with van der Waals surface area (Å²) in [7, 11) is 6.56. The van der Waals surface area contributed by atoms with Crippen molar-refractivity contribution in [1.82, 2.24) is 15.2 Å². The van der Waals surface area contributed by atoms with Crippen molar-refractivity contribution in [2.24, 2.45) is 0 Å². The predicted octanol–water partition coefficient (Wildman–Crippen LogP) is 2.51. The molecule has 3 amide bonds. The number of nitrogens with one attached hydrogen (secondary N) is 1. The van der Waals surface area contributed by atoms with E-state index in [0.717, 1.165) is 51.1 Å². The lowest BCUT2D eigenvalue weighted by Crippen LogP contribution is -2.53. The van der Waals surface area contributed by atoms with Crippen LogP contribution in [0.25, 0.3) is 10.8 Å². The molecule has 3 aromatic rings. The molecule has 0 saturated carbocycles. The number of carbonyl (C=O) groups excluding carboxylic acids is 3. The first-order valence-corrected chi connectivity index (χ1v) is 14.3. The number of rotatable bonds is 5. The summed E-state index contributed by atoms with van der Waals surface area (Å²) in [5.74, 6) is -1.20. The number of aliphatic hydroxyl groups is 1. The zero-order chi connectivity index (χ0) is 28.4. The molecule has 2 radical (unpaired) electrons. The summed E-state index contributed by atoms with van der Waals surface area (Å²) < 4.78 is 6.05. The third kappa shape index (κ3) is 4.36. The number of carbonyl (C=O) groups is 3.